The van der Waals surface area contributed by atoms with E-state index in [1.807, 2.05) is 0 Å². The van der Waals surface area contributed by atoms with Crippen LogP contribution in [0.15, 0.2) is 24.3 Å². The maximum absolute atomic E-state index is 12.6. The zero-order valence-electron chi connectivity index (χ0n) is 14.6. The average molecular weight is 350 g/mol. The van der Waals surface area contributed by atoms with Crippen LogP contribution < -0.4 is 4.74 Å². The van der Waals surface area contributed by atoms with Crippen molar-refractivity contribution in [2.75, 3.05) is 21.3 Å². The first kappa shape index (κ1) is 18.9. The molecule has 136 valence electrons. The number of benzene rings is 1. The minimum atomic E-state index is -1.65. The predicted octanol–water partition coefficient (Wildman–Crippen LogP) is 1.08. The lowest BCUT2D eigenvalue weighted by Gasteiger charge is -2.43. The maximum Gasteiger partial charge on any atom is 0.316 e. The van der Waals surface area contributed by atoms with Crippen LogP contribution in [0.4, 0.5) is 0 Å². The SMILES string of the molecule is COC(=O)[C@H]1C(=O)C[C@@](C)(O)[C@H](C(=O)OC)[C@@H]1c1cccc(OC)c1. The number of carbonyl (C=O) groups is 3. The Kier molecular flexibility index (Phi) is 5.47. The zero-order chi connectivity index (χ0) is 18.8. The largest absolute Gasteiger partial charge is 0.497 e. The first-order valence-corrected chi connectivity index (χ1v) is 7.81. The lowest BCUT2D eigenvalue weighted by molar-refractivity contribution is -0.170. The van der Waals surface area contributed by atoms with E-state index in [1.165, 1.54) is 28.3 Å². The second-order valence-corrected chi connectivity index (χ2v) is 6.30. The van der Waals surface area contributed by atoms with Crippen LogP contribution in [0.3, 0.4) is 0 Å². The molecule has 0 bridgehead atoms. The van der Waals surface area contributed by atoms with Gasteiger partial charge in [0.15, 0.2) is 5.78 Å². The second-order valence-electron chi connectivity index (χ2n) is 6.30. The van der Waals surface area contributed by atoms with Gasteiger partial charge < -0.3 is 19.3 Å². The van der Waals surface area contributed by atoms with Crippen LogP contribution >= 0.6 is 0 Å². The van der Waals surface area contributed by atoms with E-state index in [4.69, 9.17) is 14.2 Å². The standard InChI is InChI=1S/C18H22O7/c1-18(22)9-12(19)14(16(20)24-3)13(15(18)17(21)25-4)10-6-5-7-11(8-10)23-2/h5-8,13-15,22H,9H2,1-4H3/t13-,14+,15+,18-/m1/s1. The van der Waals surface area contributed by atoms with Crippen LogP contribution in [0.1, 0.15) is 24.8 Å². The summed E-state index contributed by atoms with van der Waals surface area (Å²) < 4.78 is 14.8. The monoisotopic (exact) mass is 350 g/mol. The normalized spacial score (nSPS) is 29.0. The highest BCUT2D eigenvalue weighted by atomic mass is 16.5. The van der Waals surface area contributed by atoms with Gasteiger partial charge in [0.25, 0.3) is 0 Å². The van der Waals surface area contributed by atoms with Crippen molar-refractivity contribution in [2.45, 2.75) is 24.9 Å². The van der Waals surface area contributed by atoms with Crippen molar-refractivity contribution >= 4 is 17.7 Å². The van der Waals surface area contributed by atoms with Crippen molar-refractivity contribution < 1.29 is 33.7 Å². The molecule has 0 spiro atoms. The molecule has 4 atom stereocenters. The van der Waals surface area contributed by atoms with E-state index in [0.29, 0.717) is 11.3 Å². The van der Waals surface area contributed by atoms with Crippen LogP contribution in [0, 0.1) is 11.8 Å². The van der Waals surface area contributed by atoms with Gasteiger partial charge in [-0.15, -0.1) is 0 Å². The van der Waals surface area contributed by atoms with Crippen LogP contribution in [-0.2, 0) is 23.9 Å². The van der Waals surface area contributed by atoms with Gasteiger partial charge in [-0.05, 0) is 24.6 Å². The van der Waals surface area contributed by atoms with Crippen LogP contribution in [0.2, 0.25) is 0 Å². The molecule has 1 aliphatic carbocycles. The van der Waals surface area contributed by atoms with Crippen molar-refractivity contribution in [3.05, 3.63) is 29.8 Å². The third-order valence-electron chi connectivity index (χ3n) is 4.66. The van der Waals surface area contributed by atoms with E-state index in [1.54, 1.807) is 24.3 Å². The maximum atomic E-state index is 12.6. The molecule has 0 unspecified atom stereocenters. The number of carbonyl (C=O) groups excluding carboxylic acids is 3. The van der Waals surface area contributed by atoms with E-state index in [2.05, 4.69) is 0 Å². The molecule has 7 nitrogen and oxygen atoms in total. The Balaban J connectivity index is 2.66. The van der Waals surface area contributed by atoms with E-state index in [9.17, 15) is 19.5 Å². The van der Waals surface area contributed by atoms with Crippen LogP contribution in [0.5, 0.6) is 5.75 Å². The third-order valence-corrected chi connectivity index (χ3v) is 4.66. The van der Waals surface area contributed by atoms with Crippen LogP contribution in [-0.4, -0.2) is 49.8 Å². The summed E-state index contributed by atoms with van der Waals surface area (Å²) >= 11 is 0. The Labute approximate surface area is 145 Å². The van der Waals surface area contributed by atoms with Crippen molar-refractivity contribution in [3.8, 4) is 5.75 Å². The molecule has 0 amide bonds. The molecule has 1 fully saturated rings. The summed E-state index contributed by atoms with van der Waals surface area (Å²) in [6.07, 6.45) is -0.340. The molecule has 1 aromatic carbocycles. The van der Waals surface area contributed by atoms with Gasteiger partial charge in [-0.1, -0.05) is 12.1 Å². The number of aliphatic hydroxyl groups is 1. The topological polar surface area (TPSA) is 99.1 Å². The second kappa shape index (κ2) is 7.23. The smallest absolute Gasteiger partial charge is 0.316 e. The molecule has 0 aromatic heterocycles. The molecule has 2 rings (SSSR count). The van der Waals surface area contributed by atoms with E-state index in [-0.39, 0.29) is 6.42 Å². The molecule has 0 radical (unpaired) electrons. The Morgan fingerprint density at radius 2 is 1.80 bits per heavy atom. The fourth-order valence-corrected chi connectivity index (χ4v) is 3.52. The predicted molar refractivity (Wildman–Crippen MR) is 87.0 cm³/mol. The number of Topliss-reactive ketones (excluding diaryl/α,β-unsaturated/α-hetero) is 1. The van der Waals surface area contributed by atoms with Gasteiger partial charge in [0.1, 0.15) is 11.7 Å². The first-order valence-electron chi connectivity index (χ1n) is 7.81. The third kappa shape index (κ3) is 3.51. The molecule has 1 aromatic rings. The summed E-state index contributed by atoms with van der Waals surface area (Å²) in [7, 11) is 3.86. The molecule has 0 heterocycles. The molecule has 7 heteroatoms. The molecule has 0 saturated heterocycles. The number of ether oxygens (including phenoxy) is 3. The van der Waals surface area contributed by atoms with Crippen LogP contribution in [0.25, 0.3) is 0 Å². The fraction of sp³-hybridized carbons (Fsp3) is 0.500. The van der Waals surface area contributed by atoms with Crippen molar-refractivity contribution in [1.29, 1.82) is 0 Å². The molecule has 1 aliphatic rings. The number of rotatable bonds is 4. The minimum absolute atomic E-state index is 0.340. The zero-order valence-corrected chi connectivity index (χ0v) is 14.6. The lowest BCUT2D eigenvalue weighted by Crippen LogP contribution is -2.55. The molecule has 25 heavy (non-hydrogen) atoms. The minimum Gasteiger partial charge on any atom is -0.497 e. The van der Waals surface area contributed by atoms with Gasteiger partial charge >= 0.3 is 11.9 Å². The molecule has 1 N–H and O–H groups in total. The highest BCUT2D eigenvalue weighted by Crippen LogP contribution is 2.47. The lowest BCUT2D eigenvalue weighted by atomic mass is 9.61. The number of methoxy groups -OCH3 is 3. The van der Waals surface area contributed by atoms with Crippen molar-refractivity contribution in [3.63, 3.8) is 0 Å². The average Bonchev–Trinajstić information content (AvgIpc) is 2.59. The molecule has 0 aliphatic heterocycles. The Morgan fingerprint density at radius 3 is 2.36 bits per heavy atom. The Hall–Kier alpha value is -2.41. The quantitative estimate of drug-likeness (QED) is 0.641. The fourth-order valence-electron chi connectivity index (χ4n) is 3.52. The van der Waals surface area contributed by atoms with Gasteiger partial charge in [0.05, 0.1) is 32.8 Å². The van der Waals surface area contributed by atoms with Gasteiger partial charge in [-0.3, -0.25) is 14.4 Å². The van der Waals surface area contributed by atoms with Gasteiger partial charge in [-0.2, -0.15) is 0 Å². The summed E-state index contributed by atoms with van der Waals surface area (Å²) in [5.41, 5.74) is -1.14. The highest BCUT2D eigenvalue weighted by Gasteiger charge is 2.56. The van der Waals surface area contributed by atoms with Crippen molar-refractivity contribution in [2.24, 2.45) is 11.8 Å². The molecular weight excluding hydrogens is 328 g/mol. The summed E-state index contributed by atoms with van der Waals surface area (Å²) in [5.74, 6) is -4.66. The van der Waals surface area contributed by atoms with Gasteiger partial charge in [0, 0.05) is 12.3 Å². The van der Waals surface area contributed by atoms with Crippen molar-refractivity contribution in [1.82, 2.24) is 0 Å². The molecular formula is C18H22O7. The first-order chi connectivity index (χ1) is 11.8. The summed E-state index contributed by atoms with van der Waals surface area (Å²) in [5, 5.41) is 10.7. The van der Waals surface area contributed by atoms with Gasteiger partial charge in [-0.25, -0.2) is 0 Å². The number of hydrogen-bond donors (Lipinski definition) is 1. The highest BCUT2D eigenvalue weighted by molar-refractivity contribution is 6.02. The number of hydrogen-bond acceptors (Lipinski definition) is 7. The van der Waals surface area contributed by atoms with Gasteiger partial charge in [0.2, 0.25) is 0 Å². The van der Waals surface area contributed by atoms with E-state index >= 15 is 0 Å². The van der Waals surface area contributed by atoms with E-state index < -0.39 is 41.1 Å². The summed E-state index contributed by atoms with van der Waals surface area (Å²) in [6.45, 7) is 1.40. The number of ketones is 1. The Bertz CT molecular complexity index is 680. The summed E-state index contributed by atoms with van der Waals surface area (Å²) in [6, 6.07) is 6.69. The number of esters is 2. The van der Waals surface area contributed by atoms with E-state index in [0.717, 1.165) is 0 Å². The summed E-state index contributed by atoms with van der Waals surface area (Å²) in [4.78, 5) is 37.2. The Morgan fingerprint density at radius 1 is 1.16 bits per heavy atom. The molecule has 1 saturated carbocycles.